The molecule has 0 aliphatic carbocycles. The Morgan fingerprint density at radius 2 is 2.11 bits per heavy atom. The van der Waals surface area contributed by atoms with Crippen molar-refractivity contribution in [1.29, 1.82) is 0 Å². The van der Waals surface area contributed by atoms with Crippen LogP contribution >= 0.6 is 0 Å². The van der Waals surface area contributed by atoms with Gasteiger partial charge in [0, 0.05) is 6.54 Å². The van der Waals surface area contributed by atoms with E-state index < -0.39 is 16.6 Å². The van der Waals surface area contributed by atoms with Crippen LogP contribution in [0.15, 0.2) is 21.4 Å². The first-order valence-electron chi connectivity index (χ1n) is 8.94. The highest BCUT2D eigenvalue weighted by Gasteiger charge is 2.32. The van der Waals surface area contributed by atoms with Gasteiger partial charge >= 0.3 is 17.7 Å². The summed E-state index contributed by atoms with van der Waals surface area (Å²) >= 11 is 0. The van der Waals surface area contributed by atoms with E-state index in [1.807, 2.05) is 6.92 Å². The van der Waals surface area contributed by atoms with Crippen molar-refractivity contribution in [3.63, 3.8) is 0 Å². The second-order valence-electron chi connectivity index (χ2n) is 5.74. The molecular formula is C16H28N6O5. The molecule has 11 heteroatoms. The molecule has 1 aliphatic heterocycles. The van der Waals surface area contributed by atoms with Gasteiger partial charge in [-0.15, -0.1) is 0 Å². The van der Waals surface area contributed by atoms with E-state index in [1.54, 1.807) is 6.92 Å². The van der Waals surface area contributed by atoms with Gasteiger partial charge in [0.2, 0.25) is 5.84 Å². The summed E-state index contributed by atoms with van der Waals surface area (Å²) in [4.78, 5) is 32.7. The van der Waals surface area contributed by atoms with E-state index in [9.17, 15) is 14.9 Å². The third kappa shape index (κ3) is 7.21. The number of nitrogens with zero attached hydrogens (tertiary/aromatic N) is 4. The van der Waals surface area contributed by atoms with Gasteiger partial charge in [0.1, 0.15) is 12.2 Å². The first-order valence-corrected chi connectivity index (χ1v) is 8.94. The number of esters is 1. The molecule has 0 aromatic rings. The Kier molecular flexibility index (Phi) is 9.80. The van der Waals surface area contributed by atoms with Gasteiger partial charge in [-0.2, -0.15) is 4.99 Å². The molecule has 0 spiro atoms. The summed E-state index contributed by atoms with van der Waals surface area (Å²) in [7, 11) is 0. The van der Waals surface area contributed by atoms with Crippen molar-refractivity contribution >= 4 is 17.8 Å². The van der Waals surface area contributed by atoms with Crippen molar-refractivity contribution in [2.75, 3.05) is 39.4 Å². The fourth-order valence-corrected chi connectivity index (χ4v) is 2.26. The number of nitro groups is 1. The Bertz CT molecular complexity index is 616. The molecule has 0 saturated carbocycles. The summed E-state index contributed by atoms with van der Waals surface area (Å²) in [6.07, 6.45) is 2.19. The second kappa shape index (κ2) is 11.8. The maximum absolute atomic E-state index is 12.0. The number of hydrogen-bond acceptors (Lipinski definition) is 10. The number of aliphatic imine (C=N–C) groups is 2. The molecule has 152 valence electrons. The first-order chi connectivity index (χ1) is 12.9. The Morgan fingerprint density at radius 3 is 2.70 bits per heavy atom. The van der Waals surface area contributed by atoms with E-state index >= 15 is 0 Å². The van der Waals surface area contributed by atoms with E-state index in [0.29, 0.717) is 19.6 Å². The molecule has 0 fully saturated rings. The van der Waals surface area contributed by atoms with Gasteiger partial charge < -0.3 is 25.8 Å². The molecule has 0 amide bonds. The fourth-order valence-electron chi connectivity index (χ4n) is 2.26. The molecule has 0 bridgehead atoms. The molecular weight excluding hydrogens is 356 g/mol. The summed E-state index contributed by atoms with van der Waals surface area (Å²) in [5.41, 5.74) is 11.0. The number of carbonyl (C=O) groups excluding carboxylic acids is 1. The number of unbranched alkanes of at least 4 members (excludes halogenated alkanes) is 1. The van der Waals surface area contributed by atoms with Gasteiger partial charge in [-0.05, 0) is 26.3 Å². The zero-order valence-corrected chi connectivity index (χ0v) is 15.8. The van der Waals surface area contributed by atoms with Crippen molar-refractivity contribution in [2.24, 2.45) is 21.5 Å². The molecule has 0 saturated heterocycles. The van der Waals surface area contributed by atoms with Crippen molar-refractivity contribution in [2.45, 2.75) is 33.1 Å². The highest BCUT2D eigenvalue weighted by atomic mass is 16.6. The highest BCUT2D eigenvalue weighted by molar-refractivity contribution is 6.04. The molecule has 1 rings (SSSR count). The maximum atomic E-state index is 12.0. The number of carbonyl (C=O) groups is 1. The zero-order valence-electron chi connectivity index (χ0n) is 15.8. The molecule has 0 atom stereocenters. The Morgan fingerprint density at radius 1 is 1.37 bits per heavy atom. The van der Waals surface area contributed by atoms with E-state index in [-0.39, 0.29) is 43.8 Å². The average molecular weight is 384 g/mol. The lowest BCUT2D eigenvalue weighted by molar-refractivity contribution is -0.417. The summed E-state index contributed by atoms with van der Waals surface area (Å²) in [6, 6.07) is -0.000132. The zero-order chi connectivity index (χ0) is 20.2. The van der Waals surface area contributed by atoms with Crippen LogP contribution in [0.5, 0.6) is 0 Å². The predicted octanol–water partition coefficient (Wildman–Crippen LogP) is 0.232. The van der Waals surface area contributed by atoms with E-state index in [2.05, 4.69) is 9.98 Å². The van der Waals surface area contributed by atoms with Crippen LogP contribution in [0.4, 0.5) is 0 Å². The maximum Gasteiger partial charge on any atom is 0.332 e. The van der Waals surface area contributed by atoms with Crippen LogP contribution in [-0.2, 0) is 14.3 Å². The van der Waals surface area contributed by atoms with Gasteiger partial charge in [-0.3, -0.25) is 14.9 Å². The topological polar surface area (TPSA) is 159 Å². The standard InChI is InChI=1S/C16H28N6O5/c1-3-5-9-27-16-19-10-12(18)14(22(24)25)15(20-16)21(8-6-7-17)11-13(23)26-4-2/h3-11,17-18H2,1-2H3. The second-order valence-corrected chi connectivity index (χ2v) is 5.74. The van der Waals surface area contributed by atoms with Crippen LogP contribution in [0.2, 0.25) is 0 Å². The van der Waals surface area contributed by atoms with Crippen molar-refractivity contribution in [1.82, 2.24) is 4.90 Å². The normalized spacial score (nSPS) is 14.2. The first kappa shape index (κ1) is 22.4. The molecule has 0 unspecified atom stereocenters. The lowest BCUT2D eigenvalue weighted by Gasteiger charge is -2.23. The van der Waals surface area contributed by atoms with Crippen molar-refractivity contribution < 1.29 is 19.2 Å². The largest absolute Gasteiger partial charge is 0.465 e. The number of rotatable bonds is 10. The van der Waals surface area contributed by atoms with Gasteiger partial charge in [0.05, 0.1) is 24.7 Å². The molecule has 0 aromatic carbocycles. The lowest BCUT2D eigenvalue weighted by Crippen LogP contribution is -2.41. The van der Waals surface area contributed by atoms with Crippen LogP contribution in [0.1, 0.15) is 33.1 Å². The van der Waals surface area contributed by atoms with Crippen LogP contribution < -0.4 is 11.5 Å². The fraction of sp³-hybridized carbons (Fsp3) is 0.688. The predicted molar refractivity (Wildman–Crippen MR) is 101 cm³/mol. The Balaban J connectivity index is 3.24. The summed E-state index contributed by atoms with van der Waals surface area (Å²) in [5.74, 6) is -0.611. The van der Waals surface area contributed by atoms with Crippen LogP contribution in [0, 0.1) is 10.1 Å². The highest BCUT2D eigenvalue weighted by Crippen LogP contribution is 2.14. The molecule has 1 heterocycles. The quantitative estimate of drug-likeness (QED) is 0.234. The van der Waals surface area contributed by atoms with Crippen LogP contribution in [-0.4, -0.2) is 67.0 Å². The number of ether oxygens (including phenoxy) is 2. The minimum Gasteiger partial charge on any atom is -0.465 e. The number of amidine groups is 2. The molecule has 11 nitrogen and oxygen atoms in total. The van der Waals surface area contributed by atoms with Gasteiger partial charge in [0.25, 0.3) is 0 Å². The van der Waals surface area contributed by atoms with E-state index in [4.69, 9.17) is 20.9 Å². The SMILES string of the molecule is CCCCOC1=NCC(N)=C([N+](=O)[O-])C(N(CCCN)CC(=O)OCC)=N1. The summed E-state index contributed by atoms with van der Waals surface area (Å²) in [6.45, 7) is 4.52. The Labute approximate surface area is 158 Å². The lowest BCUT2D eigenvalue weighted by atomic mass is 10.2. The van der Waals surface area contributed by atoms with Gasteiger partial charge in [-0.1, -0.05) is 13.3 Å². The van der Waals surface area contributed by atoms with E-state index in [0.717, 1.165) is 12.8 Å². The molecule has 0 radical (unpaired) electrons. The van der Waals surface area contributed by atoms with Crippen molar-refractivity contribution in [3.05, 3.63) is 21.5 Å². The minimum absolute atomic E-state index is 0.000132. The van der Waals surface area contributed by atoms with Crippen molar-refractivity contribution in [3.8, 4) is 0 Å². The van der Waals surface area contributed by atoms with Crippen LogP contribution in [0.25, 0.3) is 0 Å². The molecule has 4 N–H and O–H groups in total. The van der Waals surface area contributed by atoms with Crippen LogP contribution in [0.3, 0.4) is 0 Å². The monoisotopic (exact) mass is 384 g/mol. The smallest absolute Gasteiger partial charge is 0.332 e. The minimum atomic E-state index is -0.626. The molecule has 27 heavy (non-hydrogen) atoms. The van der Waals surface area contributed by atoms with Gasteiger partial charge in [-0.25, -0.2) is 4.99 Å². The summed E-state index contributed by atoms with van der Waals surface area (Å²) in [5, 5.41) is 11.6. The van der Waals surface area contributed by atoms with Gasteiger partial charge in [0.15, 0.2) is 0 Å². The number of hydrogen-bond donors (Lipinski definition) is 2. The molecule has 0 aromatic heterocycles. The average Bonchev–Trinajstić information content (AvgIpc) is 2.78. The number of nitrogens with two attached hydrogens (primary N) is 2. The third-order valence-corrected chi connectivity index (χ3v) is 3.57. The molecule has 1 aliphatic rings. The third-order valence-electron chi connectivity index (χ3n) is 3.57. The summed E-state index contributed by atoms with van der Waals surface area (Å²) < 4.78 is 10.5. The van der Waals surface area contributed by atoms with E-state index in [1.165, 1.54) is 4.90 Å². The Hall–Kier alpha value is -2.69.